The smallest absolute Gasteiger partial charge is 0.247 e. The first kappa shape index (κ1) is 20.8. The molecule has 2 aromatic carbocycles. The van der Waals surface area contributed by atoms with E-state index in [1.807, 2.05) is 41.3 Å². The minimum atomic E-state index is 0.136. The molecule has 1 saturated heterocycles. The number of para-hydroxylation sites is 1. The molecule has 0 radical (unpaired) electrons. The van der Waals surface area contributed by atoms with Crippen LogP contribution in [-0.4, -0.2) is 57.1 Å². The van der Waals surface area contributed by atoms with Crippen LogP contribution in [-0.2, 0) is 11.2 Å². The number of fused-ring (bicyclic) bond motifs is 1. The third-order valence-electron chi connectivity index (χ3n) is 5.92. The predicted octanol–water partition coefficient (Wildman–Crippen LogP) is 4.18. The molecule has 4 aromatic rings. The first-order chi connectivity index (χ1) is 15.7. The molecule has 0 spiro atoms. The van der Waals surface area contributed by atoms with Gasteiger partial charge >= 0.3 is 0 Å². The quantitative estimate of drug-likeness (QED) is 0.441. The summed E-state index contributed by atoms with van der Waals surface area (Å²) in [4.78, 5) is 21.9. The number of piperazine rings is 1. The number of hydrogen-bond acceptors (Lipinski definition) is 7. The van der Waals surface area contributed by atoms with Crippen LogP contribution in [0.4, 0.5) is 0 Å². The van der Waals surface area contributed by atoms with Gasteiger partial charge in [-0.3, -0.25) is 9.69 Å². The highest BCUT2D eigenvalue weighted by Gasteiger charge is 2.26. The van der Waals surface area contributed by atoms with Gasteiger partial charge in [-0.1, -0.05) is 30.3 Å². The van der Waals surface area contributed by atoms with Crippen LogP contribution in [0.3, 0.4) is 0 Å². The molecule has 8 heteroatoms. The topological polar surface area (TPSA) is 75.4 Å². The van der Waals surface area contributed by atoms with Crippen molar-refractivity contribution < 1.29 is 9.21 Å². The maximum absolute atomic E-state index is 12.7. The maximum atomic E-state index is 12.7. The van der Waals surface area contributed by atoms with E-state index in [9.17, 15) is 4.79 Å². The largest absolute Gasteiger partial charge is 0.421 e. The Morgan fingerprint density at radius 3 is 2.56 bits per heavy atom. The minimum Gasteiger partial charge on any atom is -0.421 e. The van der Waals surface area contributed by atoms with Crippen molar-refractivity contribution in [3.8, 4) is 11.5 Å². The number of carbonyl (C=O) groups is 1. The monoisotopic (exact) mass is 447 g/mol. The van der Waals surface area contributed by atoms with Crippen LogP contribution in [0.2, 0.25) is 0 Å². The first-order valence-electron chi connectivity index (χ1n) is 10.9. The lowest BCUT2D eigenvalue weighted by atomic mass is 10.2. The Kier molecular flexibility index (Phi) is 5.96. The molecule has 7 nitrogen and oxygen atoms in total. The fraction of sp³-hybridized carbons (Fsp3) is 0.333. The van der Waals surface area contributed by atoms with E-state index in [-0.39, 0.29) is 11.9 Å². The number of aryl methyl sites for hydroxylation is 1. The van der Waals surface area contributed by atoms with Gasteiger partial charge in [-0.2, -0.15) is 0 Å². The number of hydrogen-bond donors (Lipinski definition) is 0. The van der Waals surface area contributed by atoms with Gasteiger partial charge in [-0.15, -0.1) is 21.5 Å². The third-order valence-corrected chi connectivity index (χ3v) is 7.13. The number of nitrogens with zero attached hydrogens (tertiary/aromatic N) is 5. The molecule has 0 unspecified atom stereocenters. The summed E-state index contributed by atoms with van der Waals surface area (Å²) < 4.78 is 6.94. The molecule has 164 valence electrons. The zero-order valence-electron chi connectivity index (χ0n) is 18.0. The first-order valence-corrected chi connectivity index (χ1v) is 11.7. The lowest BCUT2D eigenvalue weighted by Gasteiger charge is -2.37. The molecular formula is C24H25N5O2S. The summed E-state index contributed by atoms with van der Waals surface area (Å²) in [6.45, 7) is 5.36. The number of thiazole rings is 1. The van der Waals surface area contributed by atoms with Crippen LogP contribution in [0.25, 0.3) is 21.7 Å². The Balaban J connectivity index is 1.12. The van der Waals surface area contributed by atoms with Crippen molar-refractivity contribution in [3.63, 3.8) is 0 Å². The molecule has 3 heterocycles. The molecule has 1 aliphatic heterocycles. The van der Waals surface area contributed by atoms with Crippen molar-refractivity contribution in [2.24, 2.45) is 0 Å². The Morgan fingerprint density at radius 1 is 1.03 bits per heavy atom. The standard InChI is InChI=1S/C24H25N5O2S/c1-17(24-25-19-9-5-6-10-20(19)32-24)28-13-15-29(16-14-28)22(30)12-11-21-26-27-23(31-21)18-7-3-2-4-8-18/h2-10,17H,11-16H2,1H3/t17-/m0/s1. The van der Waals surface area contributed by atoms with Crippen molar-refractivity contribution in [2.75, 3.05) is 26.2 Å². The summed E-state index contributed by atoms with van der Waals surface area (Å²) >= 11 is 1.76. The highest BCUT2D eigenvalue weighted by atomic mass is 32.1. The zero-order chi connectivity index (χ0) is 21.9. The molecule has 0 saturated carbocycles. The van der Waals surface area contributed by atoms with E-state index >= 15 is 0 Å². The number of rotatable bonds is 6. The molecule has 5 rings (SSSR count). The second kappa shape index (κ2) is 9.18. The maximum Gasteiger partial charge on any atom is 0.247 e. The molecule has 0 bridgehead atoms. The van der Waals surface area contributed by atoms with E-state index in [2.05, 4.69) is 40.2 Å². The molecule has 0 N–H and O–H groups in total. The van der Waals surface area contributed by atoms with Crippen LogP contribution in [0, 0.1) is 0 Å². The Hall–Kier alpha value is -3.10. The van der Waals surface area contributed by atoms with Crippen molar-refractivity contribution >= 4 is 27.5 Å². The summed E-state index contributed by atoms with van der Waals surface area (Å²) in [6, 6.07) is 18.2. The zero-order valence-corrected chi connectivity index (χ0v) is 18.8. The highest BCUT2D eigenvalue weighted by Crippen LogP contribution is 2.30. The van der Waals surface area contributed by atoms with Gasteiger partial charge in [0.1, 0.15) is 5.01 Å². The van der Waals surface area contributed by atoms with E-state index in [4.69, 9.17) is 9.40 Å². The van der Waals surface area contributed by atoms with Crippen LogP contribution in [0.15, 0.2) is 59.0 Å². The summed E-state index contributed by atoms with van der Waals surface area (Å²) in [5.74, 6) is 1.13. The Labute approximate surface area is 190 Å². The van der Waals surface area contributed by atoms with Gasteiger partial charge in [0.25, 0.3) is 0 Å². The minimum absolute atomic E-state index is 0.136. The van der Waals surface area contributed by atoms with Crippen LogP contribution < -0.4 is 0 Å². The molecule has 1 aliphatic rings. The Bertz CT molecular complexity index is 1160. The SMILES string of the molecule is C[C@@H](c1nc2ccccc2s1)N1CCN(C(=O)CCc2nnc(-c3ccccc3)o2)CC1. The van der Waals surface area contributed by atoms with E-state index in [0.29, 0.717) is 24.6 Å². The van der Waals surface area contributed by atoms with Crippen LogP contribution in [0.5, 0.6) is 0 Å². The molecule has 1 atom stereocenters. The summed E-state index contributed by atoms with van der Waals surface area (Å²) in [5, 5.41) is 9.33. The van der Waals surface area contributed by atoms with Crippen LogP contribution >= 0.6 is 11.3 Å². The van der Waals surface area contributed by atoms with Crippen molar-refractivity contribution in [2.45, 2.75) is 25.8 Å². The van der Waals surface area contributed by atoms with E-state index in [1.54, 1.807) is 11.3 Å². The molecule has 32 heavy (non-hydrogen) atoms. The molecule has 2 aromatic heterocycles. The lowest BCUT2D eigenvalue weighted by molar-refractivity contribution is -0.133. The second-order valence-corrected chi connectivity index (χ2v) is 9.04. The number of carbonyl (C=O) groups excluding carboxylic acids is 1. The molecular weight excluding hydrogens is 422 g/mol. The average molecular weight is 448 g/mol. The molecule has 1 fully saturated rings. The van der Waals surface area contributed by atoms with Gasteiger partial charge in [0, 0.05) is 44.6 Å². The number of amides is 1. The highest BCUT2D eigenvalue weighted by molar-refractivity contribution is 7.18. The lowest BCUT2D eigenvalue weighted by Crippen LogP contribution is -2.49. The number of benzene rings is 2. The van der Waals surface area contributed by atoms with E-state index < -0.39 is 0 Å². The van der Waals surface area contributed by atoms with Gasteiger partial charge in [-0.25, -0.2) is 4.98 Å². The summed E-state index contributed by atoms with van der Waals surface area (Å²) in [6.07, 6.45) is 0.838. The normalized spacial score (nSPS) is 15.8. The fourth-order valence-corrected chi connectivity index (χ4v) is 5.06. The Morgan fingerprint density at radius 2 is 1.78 bits per heavy atom. The van der Waals surface area contributed by atoms with Crippen molar-refractivity contribution in [1.29, 1.82) is 0 Å². The van der Waals surface area contributed by atoms with Gasteiger partial charge in [0.2, 0.25) is 17.7 Å². The third kappa shape index (κ3) is 4.42. The van der Waals surface area contributed by atoms with E-state index in [1.165, 1.54) is 4.70 Å². The van der Waals surface area contributed by atoms with Gasteiger partial charge < -0.3 is 9.32 Å². The van der Waals surface area contributed by atoms with E-state index in [0.717, 1.165) is 42.3 Å². The molecule has 0 aliphatic carbocycles. The number of aromatic nitrogens is 3. The van der Waals surface area contributed by atoms with Crippen molar-refractivity contribution in [3.05, 3.63) is 65.5 Å². The summed E-state index contributed by atoms with van der Waals surface area (Å²) in [7, 11) is 0. The van der Waals surface area contributed by atoms with Gasteiger partial charge in [0.05, 0.1) is 16.3 Å². The van der Waals surface area contributed by atoms with Gasteiger partial charge in [0.15, 0.2) is 0 Å². The van der Waals surface area contributed by atoms with Gasteiger partial charge in [-0.05, 0) is 31.2 Å². The fourth-order valence-electron chi connectivity index (χ4n) is 4.01. The molecule has 1 amide bonds. The average Bonchev–Trinajstić information content (AvgIpc) is 3.50. The second-order valence-electron chi connectivity index (χ2n) is 7.98. The van der Waals surface area contributed by atoms with Crippen molar-refractivity contribution in [1.82, 2.24) is 25.0 Å². The van der Waals surface area contributed by atoms with Crippen LogP contribution in [0.1, 0.15) is 30.3 Å². The predicted molar refractivity (Wildman–Crippen MR) is 124 cm³/mol. The summed E-state index contributed by atoms with van der Waals surface area (Å²) in [5.41, 5.74) is 1.94.